The lowest BCUT2D eigenvalue weighted by molar-refractivity contribution is 0.742. The third-order valence-corrected chi connectivity index (χ3v) is 2.93. The molecule has 0 fully saturated rings. The number of rotatable bonds is 5. The minimum absolute atomic E-state index is 0.365. The zero-order valence-corrected chi connectivity index (χ0v) is 11.7. The number of hydrogen-bond acceptors (Lipinski definition) is 6. The van der Waals surface area contributed by atoms with Gasteiger partial charge in [-0.3, -0.25) is 4.68 Å². The lowest BCUT2D eigenvalue weighted by Gasteiger charge is -2.09. The van der Waals surface area contributed by atoms with Gasteiger partial charge in [-0.05, 0) is 6.07 Å². The van der Waals surface area contributed by atoms with Crippen LogP contribution in [0.3, 0.4) is 0 Å². The van der Waals surface area contributed by atoms with Crippen LogP contribution in [0.15, 0.2) is 12.4 Å². The molecular weight excluding hydrogens is 289 g/mol. The minimum Gasteiger partial charge on any atom is -0.368 e. The van der Waals surface area contributed by atoms with Gasteiger partial charge in [0.05, 0.1) is 10.0 Å². The largest absolute Gasteiger partial charge is 0.368 e. The predicted octanol–water partition coefficient (Wildman–Crippen LogP) is 1.46. The standard InChI is InChI=1S/C10H13Cl2N7/c1-19-5-15-8(18-19)2-3-14-9-6(11)4-7(12)10(16-9)17-13/h4-5H,2-3,13H2,1H3,(H2,14,16,17). The molecule has 0 aliphatic rings. The number of nitrogens with zero attached hydrogens (tertiary/aromatic N) is 4. The Morgan fingerprint density at radius 2 is 2.05 bits per heavy atom. The van der Waals surface area contributed by atoms with Crippen molar-refractivity contribution in [3.8, 4) is 0 Å². The van der Waals surface area contributed by atoms with E-state index < -0.39 is 0 Å². The van der Waals surface area contributed by atoms with Crippen LogP contribution in [0.2, 0.25) is 10.0 Å². The first kappa shape index (κ1) is 13.9. The Hall–Kier alpha value is -1.57. The van der Waals surface area contributed by atoms with E-state index in [2.05, 4.69) is 25.8 Å². The van der Waals surface area contributed by atoms with E-state index in [4.69, 9.17) is 29.0 Å². The highest BCUT2D eigenvalue weighted by Crippen LogP contribution is 2.28. The van der Waals surface area contributed by atoms with Crippen molar-refractivity contribution in [1.82, 2.24) is 19.7 Å². The molecule has 0 saturated carbocycles. The maximum absolute atomic E-state index is 6.03. The summed E-state index contributed by atoms with van der Waals surface area (Å²) >= 11 is 11.9. The van der Waals surface area contributed by atoms with Gasteiger partial charge < -0.3 is 10.7 Å². The molecule has 2 aromatic rings. The molecule has 102 valence electrons. The van der Waals surface area contributed by atoms with Crippen molar-refractivity contribution in [2.75, 3.05) is 17.3 Å². The number of nitrogens with one attached hydrogen (secondary N) is 2. The maximum Gasteiger partial charge on any atom is 0.161 e. The highest BCUT2D eigenvalue weighted by molar-refractivity contribution is 6.37. The van der Waals surface area contributed by atoms with Crippen molar-refractivity contribution in [1.29, 1.82) is 0 Å². The monoisotopic (exact) mass is 301 g/mol. The van der Waals surface area contributed by atoms with Gasteiger partial charge in [0, 0.05) is 20.0 Å². The van der Waals surface area contributed by atoms with Gasteiger partial charge in [-0.2, -0.15) is 5.10 Å². The molecule has 2 aromatic heterocycles. The number of hydrogen-bond donors (Lipinski definition) is 3. The molecule has 0 aromatic carbocycles. The molecule has 2 rings (SSSR count). The zero-order chi connectivity index (χ0) is 13.8. The molecule has 0 spiro atoms. The van der Waals surface area contributed by atoms with E-state index >= 15 is 0 Å². The first-order valence-corrected chi connectivity index (χ1v) is 6.27. The van der Waals surface area contributed by atoms with Gasteiger partial charge in [-0.15, -0.1) is 0 Å². The first-order valence-electron chi connectivity index (χ1n) is 5.51. The van der Waals surface area contributed by atoms with Crippen LogP contribution in [0.4, 0.5) is 11.6 Å². The molecule has 0 saturated heterocycles. The highest BCUT2D eigenvalue weighted by atomic mass is 35.5. The third-order valence-electron chi connectivity index (χ3n) is 2.35. The summed E-state index contributed by atoms with van der Waals surface area (Å²) < 4.78 is 1.65. The molecule has 0 atom stereocenters. The van der Waals surface area contributed by atoms with E-state index in [1.54, 1.807) is 17.1 Å². The second-order valence-corrected chi connectivity index (χ2v) is 4.62. The van der Waals surface area contributed by atoms with Crippen molar-refractivity contribution in [3.05, 3.63) is 28.3 Å². The SMILES string of the molecule is Cn1cnc(CCNc2nc(NN)c(Cl)cc2Cl)n1. The van der Waals surface area contributed by atoms with E-state index in [9.17, 15) is 0 Å². The molecule has 0 bridgehead atoms. The van der Waals surface area contributed by atoms with Crippen LogP contribution < -0.4 is 16.6 Å². The summed E-state index contributed by atoms with van der Waals surface area (Å²) in [5, 5.41) is 8.05. The minimum atomic E-state index is 0.365. The second-order valence-electron chi connectivity index (χ2n) is 3.80. The summed E-state index contributed by atoms with van der Waals surface area (Å²) in [5.41, 5.74) is 2.40. The molecule has 9 heteroatoms. The number of aryl methyl sites for hydroxylation is 1. The van der Waals surface area contributed by atoms with E-state index in [0.29, 0.717) is 34.6 Å². The van der Waals surface area contributed by atoms with E-state index in [-0.39, 0.29) is 0 Å². The molecule has 4 N–H and O–H groups in total. The van der Waals surface area contributed by atoms with E-state index in [1.165, 1.54) is 0 Å². The number of nitrogen functional groups attached to an aromatic ring is 1. The Labute approximate surface area is 120 Å². The normalized spacial score (nSPS) is 10.5. The number of aromatic nitrogens is 4. The van der Waals surface area contributed by atoms with Crippen molar-refractivity contribution in [3.63, 3.8) is 0 Å². The lowest BCUT2D eigenvalue weighted by Crippen LogP contribution is -2.12. The fraction of sp³-hybridized carbons (Fsp3) is 0.300. The number of nitrogens with two attached hydrogens (primary N) is 1. The lowest BCUT2D eigenvalue weighted by atomic mass is 10.4. The number of halogens is 2. The van der Waals surface area contributed by atoms with E-state index in [0.717, 1.165) is 5.82 Å². The second kappa shape index (κ2) is 6.05. The summed E-state index contributed by atoms with van der Waals surface area (Å²) in [7, 11) is 1.82. The Morgan fingerprint density at radius 3 is 2.68 bits per heavy atom. The van der Waals surface area contributed by atoms with Gasteiger partial charge in [0.25, 0.3) is 0 Å². The van der Waals surface area contributed by atoms with Gasteiger partial charge in [-0.1, -0.05) is 23.2 Å². The fourth-order valence-corrected chi connectivity index (χ4v) is 1.96. The third kappa shape index (κ3) is 3.46. The Balaban J connectivity index is 1.99. The number of pyridine rings is 1. The Kier molecular flexibility index (Phi) is 4.41. The summed E-state index contributed by atoms with van der Waals surface area (Å²) in [6, 6.07) is 1.58. The smallest absolute Gasteiger partial charge is 0.161 e. The summed E-state index contributed by atoms with van der Waals surface area (Å²) in [4.78, 5) is 8.29. The molecule has 0 aliphatic heterocycles. The van der Waals surface area contributed by atoms with Crippen LogP contribution in [-0.4, -0.2) is 26.3 Å². The van der Waals surface area contributed by atoms with Crippen molar-refractivity contribution < 1.29 is 0 Å². The predicted molar refractivity (Wildman–Crippen MR) is 75.3 cm³/mol. The summed E-state index contributed by atoms with van der Waals surface area (Å²) in [6.45, 7) is 0.600. The molecule has 19 heavy (non-hydrogen) atoms. The molecule has 7 nitrogen and oxygen atoms in total. The van der Waals surface area contributed by atoms with Crippen molar-refractivity contribution >= 4 is 34.8 Å². The average molecular weight is 302 g/mol. The quantitative estimate of drug-likeness (QED) is 0.572. The Bertz CT molecular complexity index is 569. The van der Waals surface area contributed by atoms with Crippen LogP contribution in [0.1, 0.15) is 5.82 Å². The van der Waals surface area contributed by atoms with E-state index in [1.807, 2.05) is 7.05 Å². The molecule has 0 aliphatic carbocycles. The topological polar surface area (TPSA) is 93.7 Å². The first-order chi connectivity index (χ1) is 9.10. The molecule has 0 unspecified atom stereocenters. The zero-order valence-electron chi connectivity index (χ0n) is 10.2. The maximum atomic E-state index is 6.03. The van der Waals surface area contributed by atoms with Crippen LogP contribution in [0.25, 0.3) is 0 Å². The molecular formula is C10H13Cl2N7. The van der Waals surface area contributed by atoms with Gasteiger partial charge in [0.2, 0.25) is 0 Å². The van der Waals surface area contributed by atoms with Gasteiger partial charge >= 0.3 is 0 Å². The van der Waals surface area contributed by atoms with Crippen molar-refractivity contribution in [2.24, 2.45) is 12.9 Å². The molecule has 0 radical (unpaired) electrons. The van der Waals surface area contributed by atoms with Gasteiger partial charge in [-0.25, -0.2) is 15.8 Å². The van der Waals surface area contributed by atoms with Crippen LogP contribution in [0.5, 0.6) is 0 Å². The molecule has 2 heterocycles. The highest BCUT2D eigenvalue weighted by Gasteiger charge is 2.08. The van der Waals surface area contributed by atoms with Crippen molar-refractivity contribution in [2.45, 2.75) is 6.42 Å². The fourth-order valence-electron chi connectivity index (χ4n) is 1.48. The van der Waals surface area contributed by atoms with Crippen LogP contribution >= 0.6 is 23.2 Å². The molecule has 0 amide bonds. The number of anilines is 2. The van der Waals surface area contributed by atoms with Gasteiger partial charge in [0.1, 0.15) is 12.1 Å². The van der Waals surface area contributed by atoms with Crippen LogP contribution in [-0.2, 0) is 13.5 Å². The summed E-state index contributed by atoms with van der Waals surface area (Å²) in [5.74, 6) is 6.92. The van der Waals surface area contributed by atoms with Gasteiger partial charge in [0.15, 0.2) is 11.6 Å². The average Bonchev–Trinajstić information content (AvgIpc) is 2.78. The summed E-state index contributed by atoms with van der Waals surface area (Å²) in [6.07, 6.45) is 2.31. The van der Waals surface area contributed by atoms with Crippen LogP contribution in [0, 0.1) is 0 Å². The Morgan fingerprint density at radius 1 is 1.32 bits per heavy atom. The number of hydrazine groups is 1.